The van der Waals surface area contributed by atoms with Gasteiger partial charge in [-0.1, -0.05) is 23.7 Å². The summed E-state index contributed by atoms with van der Waals surface area (Å²) in [5, 5.41) is 17.9. The van der Waals surface area contributed by atoms with Crippen molar-refractivity contribution in [2.45, 2.75) is 0 Å². The fourth-order valence-corrected chi connectivity index (χ4v) is 3.19. The minimum Gasteiger partial charge on any atom is -0.507 e. The summed E-state index contributed by atoms with van der Waals surface area (Å²) in [6.07, 6.45) is 0. The van der Waals surface area contributed by atoms with E-state index < -0.39 is 5.91 Å². The molecule has 1 amide bonds. The largest absolute Gasteiger partial charge is 0.507 e. The van der Waals surface area contributed by atoms with E-state index in [0.29, 0.717) is 33.6 Å². The number of hydrogen-bond acceptors (Lipinski definition) is 7. The van der Waals surface area contributed by atoms with Gasteiger partial charge in [0.05, 0.1) is 25.5 Å². The van der Waals surface area contributed by atoms with E-state index in [1.54, 1.807) is 68.8 Å². The highest BCUT2D eigenvalue weighted by Crippen LogP contribution is 2.30. The first-order valence-electron chi connectivity index (χ1n) is 9.27. The summed E-state index contributed by atoms with van der Waals surface area (Å²) in [6.45, 7) is 0. The van der Waals surface area contributed by atoms with Crippen molar-refractivity contribution >= 4 is 53.0 Å². The Morgan fingerprint density at radius 2 is 1.69 bits per heavy atom. The summed E-state index contributed by atoms with van der Waals surface area (Å²) in [5.41, 5.74) is 4.39. The van der Waals surface area contributed by atoms with Crippen molar-refractivity contribution in [1.29, 1.82) is 0 Å². The zero-order valence-electron chi connectivity index (χ0n) is 17.2. The van der Waals surface area contributed by atoms with Gasteiger partial charge in [0.2, 0.25) is 0 Å². The van der Waals surface area contributed by atoms with Gasteiger partial charge in [-0.25, -0.2) is 0 Å². The monoisotopic (exact) mass is 566 g/mol. The summed E-state index contributed by atoms with van der Waals surface area (Å²) in [6, 6.07) is 18.5. The molecule has 4 rings (SSSR count). The van der Waals surface area contributed by atoms with Crippen LogP contribution in [0.1, 0.15) is 15.9 Å². The molecular formula is C22H20ClIN4O4. The summed E-state index contributed by atoms with van der Waals surface area (Å²) in [7, 11) is 3.09. The third-order valence-electron chi connectivity index (χ3n) is 4.64. The zero-order valence-corrected chi connectivity index (χ0v) is 20.2. The van der Waals surface area contributed by atoms with Gasteiger partial charge in [-0.05, 0) is 54.6 Å². The van der Waals surface area contributed by atoms with Gasteiger partial charge in [0, 0.05) is 10.6 Å². The molecule has 1 aliphatic heterocycles. The van der Waals surface area contributed by atoms with E-state index in [2.05, 4.69) is 10.5 Å². The molecule has 1 aliphatic rings. The topological polar surface area (TPSA) is 86.6 Å². The third kappa shape index (κ3) is 4.53. The molecule has 0 aliphatic carbocycles. The molecular weight excluding hydrogens is 547 g/mol. The van der Waals surface area contributed by atoms with Crippen LogP contribution in [-0.4, -0.2) is 36.2 Å². The van der Waals surface area contributed by atoms with Gasteiger partial charge in [-0.3, -0.25) is 10.2 Å². The van der Waals surface area contributed by atoms with Crippen molar-refractivity contribution in [3.63, 3.8) is 0 Å². The van der Waals surface area contributed by atoms with Crippen molar-refractivity contribution in [1.82, 2.24) is 10.5 Å². The highest BCUT2D eigenvalue weighted by molar-refractivity contribution is 14.0. The van der Waals surface area contributed by atoms with E-state index in [4.69, 9.17) is 21.1 Å². The molecule has 32 heavy (non-hydrogen) atoms. The van der Waals surface area contributed by atoms with Gasteiger partial charge in [-0.15, -0.1) is 39.3 Å². The maximum Gasteiger partial charge on any atom is 0.297 e. The lowest BCUT2D eigenvalue weighted by Crippen LogP contribution is -2.48. The number of phenolic OH excluding ortho intramolecular Hbond substituents is 1. The lowest BCUT2D eigenvalue weighted by Gasteiger charge is -2.26. The molecule has 0 saturated carbocycles. The number of rotatable bonds is 5. The first kappa shape index (κ1) is 23.5. The number of halogens is 2. The molecule has 0 radical (unpaired) electrons. The van der Waals surface area contributed by atoms with Crippen molar-refractivity contribution < 1.29 is 19.4 Å². The van der Waals surface area contributed by atoms with Crippen LogP contribution in [0.4, 0.5) is 5.69 Å². The smallest absolute Gasteiger partial charge is 0.297 e. The maximum absolute atomic E-state index is 13.2. The second-order valence-electron chi connectivity index (χ2n) is 6.53. The predicted molar refractivity (Wildman–Crippen MR) is 133 cm³/mol. The normalized spacial score (nSPS) is 12.5. The number of hydrazone groups is 1. The fraction of sp³-hybridized carbons (Fsp3) is 0.0909. The maximum atomic E-state index is 13.2. The standard InChI is InChI=1S/C22H19ClN4O4.HI/c1-30-19-12-7-14(13-20(19)31-2)21-24-26(16-10-8-15(23)9-11-16)27(25-21)22(29)17-5-3-4-6-18(17)28;/h3-13,28H,1-2H3,(H,24,25);1H. The number of benzene rings is 3. The molecule has 2 N–H and O–H groups in total. The Morgan fingerprint density at radius 1 is 1.00 bits per heavy atom. The number of methoxy groups -OCH3 is 2. The SMILES string of the molecule is COc1ccc(C2=NN(c3ccc(Cl)cc3)N(C(=O)c3ccccc3O)N2)cc1OC.I. The van der Waals surface area contributed by atoms with E-state index in [1.807, 2.05) is 0 Å². The van der Waals surface area contributed by atoms with Crippen LogP contribution in [0, 0.1) is 0 Å². The van der Waals surface area contributed by atoms with Crippen LogP contribution in [0.5, 0.6) is 17.2 Å². The van der Waals surface area contributed by atoms with Crippen LogP contribution in [0.3, 0.4) is 0 Å². The molecule has 10 heteroatoms. The van der Waals surface area contributed by atoms with E-state index in [9.17, 15) is 9.90 Å². The third-order valence-corrected chi connectivity index (χ3v) is 4.89. The van der Waals surface area contributed by atoms with Gasteiger partial charge in [0.25, 0.3) is 5.91 Å². The number of para-hydroxylation sites is 1. The molecule has 0 unspecified atom stereocenters. The summed E-state index contributed by atoms with van der Waals surface area (Å²) in [5.74, 6) is 0.867. The highest BCUT2D eigenvalue weighted by atomic mass is 127. The fourth-order valence-electron chi connectivity index (χ4n) is 3.07. The average molecular weight is 567 g/mol. The summed E-state index contributed by atoms with van der Waals surface area (Å²) >= 11 is 6.01. The van der Waals surface area contributed by atoms with Crippen LogP contribution >= 0.6 is 35.6 Å². The van der Waals surface area contributed by atoms with Gasteiger partial charge in [-0.2, -0.15) is 0 Å². The Morgan fingerprint density at radius 3 is 2.34 bits per heavy atom. The number of carbonyl (C=O) groups is 1. The molecule has 8 nitrogen and oxygen atoms in total. The molecule has 1 heterocycles. The van der Waals surface area contributed by atoms with Gasteiger partial charge >= 0.3 is 0 Å². The van der Waals surface area contributed by atoms with Crippen LogP contribution in [0.2, 0.25) is 5.02 Å². The van der Waals surface area contributed by atoms with Gasteiger partial charge < -0.3 is 14.6 Å². The van der Waals surface area contributed by atoms with Crippen molar-refractivity contribution in [3.8, 4) is 17.2 Å². The number of hydrogen-bond donors (Lipinski definition) is 2. The molecule has 0 bridgehead atoms. The Kier molecular flexibility index (Phi) is 7.31. The molecule has 3 aromatic rings. The first-order valence-corrected chi connectivity index (χ1v) is 9.65. The molecule has 0 saturated heterocycles. The van der Waals surface area contributed by atoms with E-state index in [-0.39, 0.29) is 35.3 Å². The summed E-state index contributed by atoms with van der Waals surface area (Å²) in [4.78, 5) is 13.2. The Hall–Kier alpha value is -3.18. The number of carbonyl (C=O) groups excluding carboxylic acids is 1. The number of amidine groups is 1. The van der Waals surface area contributed by atoms with E-state index in [1.165, 1.54) is 22.4 Å². The van der Waals surface area contributed by atoms with Crippen LogP contribution < -0.4 is 20.0 Å². The van der Waals surface area contributed by atoms with Crippen LogP contribution in [0.25, 0.3) is 0 Å². The number of phenols is 1. The molecule has 0 atom stereocenters. The highest BCUT2D eigenvalue weighted by Gasteiger charge is 2.32. The molecule has 0 fully saturated rings. The quantitative estimate of drug-likeness (QED) is 0.445. The number of nitrogens with one attached hydrogen (secondary N) is 1. The number of anilines is 1. The second kappa shape index (κ2) is 9.96. The second-order valence-corrected chi connectivity index (χ2v) is 6.97. The zero-order chi connectivity index (χ0) is 22.0. The van der Waals surface area contributed by atoms with Crippen LogP contribution in [0.15, 0.2) is 71.8 Å². The average Bonchev–Trinajstić information content (AvgIpc) is 3.24. The lowest BCUT2D eigenvalue weighted by molar-refractivity contribution is 0.0707. The predicted octanol–water partition coefficient (Wildman–Crippen LogP) is 4.42. The number of aromatic hydroxyl groups is 1. The van der Waals surface area contributed by atoms with Crippen molar-refractivity contribution in [2.75, 3.05) is 19.3 Å². The van der Waals surface area contributed by atoms with Gasteiger partial charge in [0.15, 0.2) is 17.3 Å². The summed E-state index contributed by atoms with van der Waals surface area (Å²) < 4.78 is 10.7. The molecule has 3 aromatic carbocycles. The first-order chi connectivity index (χ1) is 15.0. The van der Waals surface area contributed by atoms with Gasteiger partial charge in [0.1, 0.15) is 5.75 Å². The van der Waals surface area contributed by atoms with Crippen molar-refractivity contribution in [2.24, 2.45) is 5.10 Å². The van der Waals surface area contributed by atoms with Crippen molar-refractivity contribution in [3.05, 3.63) is 82.9 Å². The van der Waals surface area contributed by atoms with E-state index >= 15 is 0 Å². The molecule has 0 aromatic heterocycles. The Balaban J connectivity index is 0.00000289. The number of nitrogens with zero attached hydrogens (tertiary/aromatic N) is 3. The minimum atomic E-state index is -0.493. The van der Waals surface area contributed by atoms with Crippen LogP contribution in [-0.2, 0) is 0 Å². The molecule has 166 valence electrons. The number of amides is 1. The van der Waals surface area contributed by atoms with E-state index in [0.717, 1.165) is 0 Å². The number of hydrazine groups is 2. The Labute approximate surface area is 207 Å². The Bertz CT molecular complexity index is 1160. The molecule has 0 spiro atoms. The minimum absolute atomic E-state index is 0. The lowest BCUT2D eigenvalue weighted by atomic mass is 10.2. The number of ether oxygens (including phenoxy) is 2.